The first-order valence-corrected chi connectivity index (χ1v) is 9.48. The fourth-order valence-electron chi connectivity index (χ4n) is 2.98. The Bertz CT molecular complexity index is 1050. The molecular weight excluding hydrogens is 386 g/mol. The van der Waals surface area contributed by atoms with Crippen molar-refractivity contribution in [3.8, 4) is 11.1 Å². The number of benzene rings is 2. The lowest BCUT2D eigenvalue weighted by atomic mass is 10.0. The van der Waals surface area contributed by atoms with Crippen LogP contribution in [0.25, 0.3) is 11.1 Å². The van der Waals surface area contributed by atoms with Gasteiger partial charge in [-0.3, -0.25) is 14.9 Å². The first kappa shape index (κ1) is 20.3. The second-order valence-corrected chi connectivity index (χ2v) is 6.71. The van der Waals surface area contributed by atoms with Crippen molar-refractivity contribution >= 4 is 29.1 Å². The van der Waals surface area contributed by atoms with E-state index in [0.717, 1.165) is 11.1 Å². The van der Waals surface area contributed by atoms with Gasteiger partial charge in [0.1, 0.15) is 0 Å². The van der Waals surface area contributed by atoms with Gasteiger partial charge in [-0.05, 0) is 35.7 Å². The smallest absolute Gasteiger partial charge is 0.269 e. The van der Waals surface area contributed by atoms with Crippen molar-refractivity contribution in [2.45, 2.75) is 13.0 Å². The topological polar surface area (TPSA) is 76.4 Å². The molecule has 0 spiro atoms. The van der Waals surface area contributed by atoms with Gasteiger partial charge in [-0.25, -0.2) is 0 Å². The summed E-state index contributed by atoms with van der Waals surface area (Å²) in [7, 11) is 0. The number of pyridine rings is 1. The molecule has 0 radical (unpaired) electrons. The quantitative estimate of drug-likeness (QED) is 0.113. The molecular formula is C22H19N3O3S. The van der Waals surface area contributed by atoms with E-state index in [0.29, 0.717) is 12.1 Å². The number of nitro groups is 1. The first-order valence-electron chi connectivity index (χ1n) is 9.07. The number of non-ortho nitro benzene ring substituents is 1. The molecule has 0 aliphatic rings. The molecule has 0 N–H and O–H groups in total. The number of carbonyl (C=O) groups excluding carboxylic acids is 1. The van der Waals surface area contributed by atoms with Crippen LogP contribution in [-0.2, 0) is 12.6 Å². The van der Waals surface area contributed by atoms with E-state index in [1.54, 1.807) is 10.8 Å². The minimum Gasteiger partial charge on any atom is -0.758 e. The SMILES string of the molecule is CCN=C([S-])C(C(=O)c1ccc([N+](=O)[O-])cc1)[n+]1cccc(-c2ccccc2)c1. The number of rotatable bonds is 7. The summed E-state index contributed by atoms with van der Waals surface area (Å²) < 4.78 is 1.74. The molecule has 1 atom stereocenters. The summed E-state index contributed by atoms with van der Waals surface area (Å²) >= 11 is 5.44. The third-order valence-corrected chi connectivity index (χ3v) is 4.74. The van der Waals surface area contributed by atoms with E-state index in [1.165, 1.54) is 24.3 Å². The Morgan fingerprint density at radius 1 is 1.07 bits per heavy atom. The van der Waals surface area contributed by atoms with E-state index in [1.807, 2.05) is 55.6 Å². The maximum Gasteiger partial charge on any atom is 0.269 e. The number of aliphatic imine (C=N–C) groups is 1. The van der Waals surface area contributed by atoms with Crippen LogP contribution in [0, 0.1) is 10.1 Å². The number of ketones is 1. The lowest BCUT2D eigenvalue weighted by molar-refractivity contribution is -0.691. The Balaban J connectivity index is 2.03. The number of carbonyl (C=O) groups is 1. The van der Waals surface area contributed by atoms with Gasteiger partial charge in [0.15, 0.2) is 12.4 Å². The average Bonchev–Trinajstić information content (AvgIpc) is 2.75. The molecule has 29 heavy (non-hydrogen) atoms. The second kappa shape index (κ2) is 9.16. The van der Waals surface area contributed by atoms with Crippen LogP contribution in [0.15, 0.2) is 84.1 Å². The first-order chi connectivity index (χ1) is 14.0. The van der Waals surface area contributed by atoms with E-state index in [4.69, 9.17) is 12.6 Å². The highest BCUT2D eigenvalue weighted by molar-refractivity contribution is 7.77. The molecule has 0 saturated carbocycles. The minimum atomic E-state index is -0.810. The summed E-state index contributed by atoms with van der Waals surface area (Å²) in [6, 6.07) is 18.3. The normalized spacial score (nSPS) is 12.4. The Labute approximate surface area is 174 Å². The van der Waals surface area contributed by atoms with Crippen molar-refractivity contribution in [2.24, 2.45) is 4.99 Å². The molecule has 0 bridgehead atoms. The predicted molar refractivity (Wildman–Crippen MR) is 114 cm³/mol. The van der Waals surface area contributed by atoms with Crippen LogP contribution in [0.4, 0.5) is 5.69 Å². The van der Waals surface area contributed by atoms with Crippen LogP contribution < -0.4 is 4.57 Å². The number of nitrogens with zero attached hydrogens (tertiary/aromatic N) is 3. The van der Waals surface area contributed by atoms with Crippen LogP contribution >= 0.6 is 0 Å². The van der Waals surface area contributed by atoms with E-state index in [-0.39, 0.29) is 16.5 Å². The highest BCUT2D eigenvalue weighted by Gasteiger charge is 2.29. The Kier molecular flexibility index (Phi) is 6.41. The van der Waals surface area contributed by atoms with Gasteiger partial charge in [0.05, 0.1) is 4.92 Å². The lowest BCUT2D eigenvalue weighted by Crippen LogP contribution is -2.47. The summed E-state index contributed by atoms with van der Waals surface area (Å²) in [5.74, 6) is -0.266. The van der Waals surface area contributed by atoms with Crippen molar-refractivity contribution < 1.29 is 14.3 Å². The zero-order valence-electron chi connectivity index (χ0n) is 15.8. The molecule has 6 nitrogen and oxygen atoms in total. The third kappa shape index (κ3) is 4.70. The van der Waals surface area contributed by atoms with Crippen LogP contribution in [0.1, 0.15) is 23.3 Å². The predicted octanol–water partition coefficient (Wildman–Crippen LogP) is 3.94. The molecule has 1 aromatic heterocycles. The maximum absolute atomic E-state index is 13.3. The van der Waals surface area contributed by atoms with Gasteiger partial charge in [0, 0.05) is 35.9 Å². The second-order valence-electron chi connectivity index (χ2n) is 6.29. The molecule has 3 rings (SSSR count). The fraction of sp³-hybridized carbons (Fsp3) is 0.136. The summed E-state index contributed by atoms with van der Waals surface area (Å²) in [6.45, 7) is 2.31. The lowest BCUT2D eigenvalue weighted by Gasteiger charge is -2.19. The van der Waals surface area contributed by atoms with Gasteiger partial charge >= 0.3 is 0 Å². The van der Waals surface area contributed by atoms with E-state index in [2.05, 4.69) is 4.99 Å². The molecule has 2 aromatic carbocycles. The van der Waals surface area contributed by atoms with Crippen LogP contribution in [0.2, 0.25) is 0 Å². The highest BCUT2D eigenvalue weighted by Crippen LogP contribution is 2.19. The molecule has 3 aromatic rings. The van der Waals surface area contributed by atoms with Gasteiger partial charge in [-0.1, -0.05) is 30.3 Å². The minimum absolute atomic E-state index is 0.0716. The van der Waals surface area contributed by atoms with Gasteiger partial charge in [0.2, 0.25) is 11.8 Å². The van der Waals surface area contributed by atoms with Crippen molar-refractivity contribution in [3.05, 3.63) is 94.8 Å². The maximum atomic E-state index is 13.3. The van der Waals surface area contributed by atoms with Crippen LogP contribution in [0.3, 0.4) is 0 Å². The van der Waals surface area contributed by atoms with Gasteiger partial charge in [0.25, 0.3) is 5.69 Å². The average molecular weight is 405 g/mol. The standard InChI is InChI=1S/C22H19N3O3S/c1-2-23-22(29)20(21(26)17-10-12-19(13-11-17)25(27)28)24-14-6-9-18(15-24)16-7-4-3-5-8-16/h3-15,20H,2H2,1H3. The molecule has 0 amide bonds. The van der Waals surface area contributed by atoms with Crippen molar-refractivity contribution in [1.82, 2.24) is 0 Å². The molecule has 7 heteroatoms. The van der Waals surface area contributed by atoms with E-state index in [9.17, 15) is 14.9 Å². The van der Waals surface area contributed by atoms with Gasteiger partial charge in [-0.2, -0.15) is 4.57 Å². The third-order valence-electron chi connectivity index (χ3n) is 4.39. The molecule has 146 valence electrons. The summed E-state index contributed by atoms with van der Waals surface area (Å²) in [5, 5.41) is 11.2. The molecule has 0 aliphatic heterocycles. The molecule has 0 aliphatic carbocycles. The van der Waals surface area contributed by atoms with Crippen LogP contribution in [-0.4, -0.2) is 22.3 Å². The Hall–Kier alpha value is -3.45. The molecule has 1 heterocycles. The molecule has 1 unspecified atom stereocenters. The van der Waals surface area contributed by atoms with E-state index >= 15 is 0 Å². The Morgan fingerprint density at radius 2 is 1.72 bits per heavy atom. The van der Waals surface area contributed by atoms with Crippen molar-refractivity contribution in [2.75, 3.05) is 6.54 Å². The summed E-state index contributed by atoms with van der Waals surface area (Å²) in [6.07, 6.45) is 3.64. The number of hydrogen-bond acceptors (Lipinski definition) is 5. The number of Topliss-reactive ketones (excluding diaryl/α,β-unsaturated/α-hetero) is 1. The summed E-state index contributed by atoms with van der Waals surface area (Å²) in [4.78, 5) is 27.9. The monoisotopic (exact) mass is 405 g/mol. The van der Waals surface area contributed by atoms with E-state index < -0.39 is 11.0 Å². The zero-order chi connectivity index (χ0) is 20.8. The number of hydrogen-bond donors (Lipinski definition) is 0. The largest absolute Gasteiger partial charge is 0.758 e. The Morgan fingerprint density at radius 3 is 2.34 bits per heavy atom. The van der Waals surface area contributed by atoms with Gasteiger partial charge < -0.3 is 17.6 Å². The highest BCUT2D eigenvalue weighted by atomic mass is 32.1. The van der Waals surface area contributed by atoms with Gasteiger partial charge in [-0.15, -0.1) is 0 Å². The molecule has 0 saturated heterocycles. The van der Waals surface area contributed by atoms with Crippen molar-refractivity contribution in [1.29, 1.82) is 0 Å². The van der Waals surface area contributed by atoms with Crippen molar-refractivity contribution in [3.63, 3.8) is 0 Å². The number of nitro benzene ring substituents is 1. The summed E-state index contributed by atoms with van der Waals surface area (Å²) in [5.41, 5.74) is 2.22. The molecule has 0 fully saturated rings. The van der Waals surface area contributed by atoms with Crippen LogP contribution in [0.5, 0.6) is 0 Å². The number of aromatic nitrogens is 1. The zero-order valence-corrected chi connectivity index (χ0v) is 16.6. The fourth-order valence-corrected chi connectivity index (χ4v) is 3.34.